The second-order valence-corrected chi connectivity index (χ2v) is 6.25. The SMILES string of the molecule is Cc1cc(C)cc(CSCc2ccc(Cl)cc2N)c1. The van der Waals surface area contributed by atoms with E-state index in [1.54, 1.807) is 0 Å². The van der Waals surface area contributed by atoms with Crippen LogP contribution in [0.15, 0.2) is 36.4 Å². The van der Waals surface area contributed by atoms with E-state index in [9.17, 15) is 0 Å². The van der Waals surface area contributed by atoms with Gasteiger partial charge >= 0.3 is 0 Å². The third kappa shape index (κ3) is 4.19. The van der Waals surface area contributed by atoms with Crippen LogP contribution in [0, 0.1) is 13.8 Å². The third-order valence-corrected chi connectivity index (χ3v) is 4.20. The number of halogens is 1. The van der Waals surface area contributed by atoms with Crippen molar-refractivity contribution in [3.8, 4) is 0 Å². The van der Waals surface area contributed by atoms with Crippen molar-refractivity contribution in [1.82, 2.24) is 0 Å². The highest BCUT2D eigenvalue weighted by Gasteiger charge is 2.02. The molecule has 100 valence electrons. The molecule has 0 amide bonds. The summed E-state index contributed by atoms with van der Waals surface area (Å²) < 4.78 is 0. The van der Waals surface area contributed by atoms with Gasteiger partial charge in [0.25, 0.3) is 0 Å². The Bertz CT molecular complexity index is 561. The smallest absolute Gasteiger partial charge is 0.0426 e. The molecule has 3 heteroatoms. The second-order valence-electron chi connectivity index (χ2n) is 4.83. The second kappa shape index (κ2) is 6.36. The van der Waals surface area contributed by atoms with Gasteiger partial charge < -0.3 is 5.73 Å². The fraction of sp³-hybridized carbons (Fsp3) is 0.250. The maximum absolute atomic E-state index is 5.95. The van der Waals surface area contributed by atoms with E-state index in [2.05, 4.69) is 32.0 Å². The highest BCUT2D eigenvalue weighted by molar-refractivity contribution is 7.97. The molecule has 0 spiro atoms. The van der Waals surface area contributed by atoms with E-state index in [0.29, 0.717) is 5.02 Å². The maximum atomic E-state index is 5.95. The van der Waals surface area contributed by atoms with Crippen LogP contribution in [0.1, 0.15) is 22.3 Å². The Morgan fingerprint density at radius 2 is 1.68 bits per heavy atom. The van der Waals surface area contributed by atoms with E-state index in [4.69, 9.17) is 17.3 Å². The Kier molecular flexibility index (Phi) is 4.78. The fourth-order valence-electron chi connectivity index (χ4n) is 2.13. The average Bonchev–Trinajstić information content (AvgIpc) is 2.30. The molecule has 0 saturated heterocycles. The van der Waals surface area contributed by atoms with E-state index in [0.717, 1.165) is 22.8 Å². The summed E-state index contributed by atoms with van der Waals surface area (Å²) in [6.07, 6.45) is 0. The summed E-state index contributed by atoms with van der Waals surface area (Å²) in [7, 11) is 0. The van der Waals surface area contributed by atoms with Crippen LogP contribution in [-0.4, -0.2) is 0 Å². The van der Waals surface area contributed by atoms with Gasteiger partial charge in [-0.15, -0.1) is 0 Å². The van der Waals surface area contributed by atoms with Gasteiger partial charge in [0, 0.05) is 22.2 Å². The highest BCUT2D eigenvalue weighted by atomic mass is 35.5. The lowest BCUT2D eigenvalue weighted by molar-refractivity contribution is 1.29. The van der Waals surface area contributed by atoms with Gasteiger partial charge in [0.15, 0.2) is 0 Å². The number of thioether (sulfide) groups is 1. The molecule has 0 atom stereocenters. The third-order valence-electron chi connectivity index (χ3n) is 2.92. The fourth-order valence-corrected chi connectivity index (χ4v) is 3.30. The van der Waals surface area contributed by atoms with Gasteiger partial charge in [0.05, 0.1) is 0 Å². The van der Waals surface area contributed by atoms with E-state index >= 15 is 0 Å². The Balaban J connectivity index is 1.96. The van der Waals surface area contributed by atoms with E-state index in [1.165, 1.54) is 16.7 Å². The summed E-state index contributed by atoms with van der Waals surface area (Å²) >= 11 is 7.77. The standard InChI is InChI=1S/C16H18ClNS/c1-11-5-12(2)7-13(6-11)9-19-10-14-3-4-15(17)8-16(14)18/h3-8H,9-10,18H2,1-2H3. The van der Waals surface area contributed by atoms with Gasteiger partial charge in [-0.25, -0.2) is 0 Å². The topological polar surface area (TPSA) is 26.0 Å². The van der Waals surface area contributed by atoms with Gasteiger partial charge in [-0.05, 0) is 37.1 Å². The average molecular weight is 292 g/mol. The summed E-state index contributed by atoms with van der Waals surface area (Å²) in [5.74, 6) is 1.92. The van der Waals surface area contributed by atoms with Crippen molar-refractivity contribution in [2.45, 2.75) is 25.4 Å². The first-order chi connectivity index (χ1) is 9.04. The molecule has 2 rings (SSSR count). The Morgan fingerprint density at radius 1 is 1.00 bits per heavy atom. The van der Waals surface area contributed by atoms with Gasteiger partial charge in [-0.2, -0.15) is 11.8 Å². The van der Waals surface area contributed by atoms with Crippen molar-refractivity contribution < 1.29 is 0 Å². The molecule has 0 radical (unpaired) electrons. The minimum Gasteiger partial charge on any atom is -0.398 e. The van der Waals surface area contributed by atoms with Crippen LogP contribution in [-0.2, 0) is 11.5 Å². The van der Waals surface area contributed by atoms with Crippen LogP contribution >= 0.6 is 23.4 Å². The minimum absolute atomic E-state index is 0.695. The largest absolute Gasteiger partial charge is 0.398 e. The lowest BCUT2D eigenvalue weighted by Gasteiger charge is -2.07. The van der Waals surface area contributed by atoms with Crippen LogP contribution in [0.3, 0.4) is 0 Å². The molecule has 0 fully saturated rings. The molecule has 0 aliphatic rings. The molecule has 0 heterocycles. The van der Waals surface area contributed by atoms with E-state index < -0.39 is 0 Å². The lowest BCUT2D eigenvalue weighted by Crippen LogP contribution is -1.93. The number of aryl methyl sites for hydroxylation is 2. The van der Waals surface area contributed by atoms with E-state index in [-0.39, 0.29) is 0 Å². The van der Waals surface area contributed by atoms with Crippen LogP contribution in [0.25, 0.3) is 0 Å². The van der Waals surface area contributed by atoms with Gasteiger partial charge in [-0.3, -0.25) is 0 Å². The van der Waals surface area contributed by atoms with Crippen LogP contribution in [0.4, 0.5) is 5.69 Å². The van der Waals surface area contributed by atoms with Crippen molar-refractivity contribution >= 4 is 29.1 Å². The number of anilines is 1. The molecule has 0 aromatic heterocycles. The van der Waals surface area contributed by atoms with Crippen LogP contribution in [0.2, 0.25) is 5.02 Å². The molecule has 0 unspecified atom stereocenters. The molecule has 0 aliphatic heterocycles. The summed E-state index contributed by atoms with van der Waals surface area (Å²) in [5, 5.41) is 0.695. The number of hydrogen-bond donors (Lipinski definition) is 1. The molecule has 0 bridgehead atoms. The van der Waals surface area contributed by atoms with Gasteiger partial charge in [0.1, 0.15) is 0 Å². The molecular weight excluding hydrogens is 274 g/mol. The van der Waals surface area contributed by atoms with E-state index in [1.807, 2.05) is 30.0 Å². The lowest BCUT2D eigenvalue weighted by atomic mass is 10.1. The molecule has 2 aromatic carbocycles. The number of rotatable bonds is 4. The summed E-state index contributed by atoms with van der Waals surface area (Å²) in [5.41, 5.74) is 11.9. The molecule has 0 aliphatic carbocycles. The first-order valence-electron chi connectivity index (χ1n) is 6.23. The number of nitrogen functional groups attached to an aromatic ring is 1. The first kappa shape index (κ1) is 14.3. The Hall–Kier alpha value is -1.12. The molecule has 2 N–H and O–H groups in total. The van der Waals surface area contributed by atoms with Crippen LogP contribution in [0.5, 0.6) is 0 Å². The number of benzene rings is 2. The number of hydrogen-bond acceptors (Lipinski definition) is 2. The zero-order valence-corrected chi connectivity index (χ0v) is 12.8. The predicted octanol–water partition coefficient (Wildman–Crippen LogP) is 4.97. The van der Waals surface area contributed by atoms with Gasteiger partial charge in [0.2, 0.25) is 0 Å². The van der Waals surface area contributed by atoms with Crippen molar-refractivity contribution in [2.75, 3.05) is 5.73 Å². The molecular formula is C16H18ClNS. The normalized spacial score (nSPS) is 10.7. The Morgan fingerprint density at radius 3 is 2.32 bits per heavy atom. The highest BCUT2D eigenvalue weighted by Crippen LogP contribution is 2.25. The molecule has 1 nitrogen and oxygen atoms in total. The minimum atomic E-state index is 0.695. The maximum Gasteiger partial charge on any atom is 0.0426 e. The van der Waals surface area contributed by atoms with Crippen molar-refractivity contribution in [3.63, 3.8) is 0 Å². The summed E-state index contributed by atoms with van der Waals surface area (Å²) in [6.45, 7) is 4.27. The predicted molar refractivity (Wildman–Crippen MR) is 86.8 cm³/mol. The first-order valence-corrected chi connectivity index (χ1v) is 7.76. The zero-order valence-electron chi connectivity index (χ0n) is 11.2. The monoisotopic (exact) mass is 291 g/mol. The zero-order chi connectivity index (χ0) is 13.8. The summed E-state index contributed by atoms with van der Waals surface area (Å²) in [6, 6.07) is 12.4. The Labute approximate surface area is 124 Å². The summed E-state index contributed by atoms with van der Waals surface area (Å²) in [4.78, 5) is 0. The van der Waals surface area contributed by atoms with Crippen molar-refractivity contribution in [2.24, 2.45) is 0 Å². The van der Waals surface area contributed by atoms with Crippen molar-refractivity contribution in [3.05, 3.63) is 63.7 Å². The molecule has 2 aromatic rings. The number of nitrogens with two attached hydrogens (primary N) is 1. The quantitative estimate of drug-likeness (QED) is 0.805. The van der Waals surface area contributed by atoms with Crippen molar-refractivity contribution in [1.29, 1.82) is 0 Å². The molecule has 19 heavy (non-hydrogen) atoms. The van der Waals surface area contributed by atoms with Gasteiger partial charge in [-0.1, -0.05) is 47.0 Å². The van der Waals surface area contributed by atoms with Crippen LogP contribution < -0.4 is 5.73 Å². The molecule has 0 saturated carbocycles.